The van der Waals surface area contributed by atoms with Crippen LogP contribution in [0, 0.1) is 0 Å². The highest BCUT2D eigenvalue weighted by Gasteiger charge is 2.22. The van der Waals surface area contributed by atoms with Crippen LogP contribution in [-0.2, 0) is 6.42 Å². The lowest BCUT2D eigenvalue weighted by molar-refractivity contribution is 0.238. The molecule has 1 unspecified atom stereocenters. The highest BCUT2D eigenvalue weighted by molar-refractivity contribution is 6.29. The zero-order chi connectivity index (χ0) is 10.7. The van der Waals surface area contributed by atoms with E-state index in [1.54, 1.807) is 4.80 Å². The van der Waals surface area contributed by atoms with Crippen LogP contribution >= 0.6 is 0 Å². The van der Waals surface area contributed by atoms with Crippen molar-refractivity contribution in [1.82, 2.24) is 25.0 Å². The Kier molecular flexibility index (Phi) is 3.35. The van der Waals surface area contributed by atoms with E-state index in [1.165, 1.54) is 6.42 Å². The van der Waals surface area contributed by atoms with Crippen molar-refractivity contribution < 1.29 is 0 Å². The van der Waals surface area contributed by atoms with E-state index in [9.17, 15) is 0 Å². The van der Waals surface area contributed by atoms with E-state index in [1.807, 2.05) is 6.92 Å². The number of nitrogens with zero attached hydrogens (tertiary/aromatic N) is 5. The molecule has 1 aliphatic heterocycles. The quantitative estimate of drug-likeness (QED) is 0.677. The van der Waals surface area contributed by atoms with Crippen molar-refractivity contribution in [3.8, 4) is 0 Å². The van der Waals surface area contributed by atoms with Gasteiger partial charge in [0, 0.05) is 13.0 Å². The molecule has 0 saturated carbocycles. The summed E-state index contributed by atoms with van der Waals surface area (Å²) in [7, 11) is 2.14. The first-order chi connectivity index (χ1) is 7.33. The number of hydrogen-bond donors (Lipinski definition) is 0. The second-order valence-corrected chi connectivity index (χ2v) is 3.93. The molecule has 1 aromatic rings. The van der Waals surface area contributed by atoms with Gasteiger partial charge in [0.2, 0.25) is 7.41 Å². The molecule has 1 fully saturated rings. The molecule has 2 rings (SSSR count). The molecule has 1 radical (unpaired) electrons. The fourth-order valence-electron chi connectivity index (χ4n) is 1.96. The average molecular weight is 206 g/mol. The maximum Gasteiger partial charge on any atom is 0.205 e. The summed E-state index contributed by atoms with van der Waals surface area (Å²) in [5, 5.41) is 12.5. The molecule has 0 bridgehead atoms. The molecule has 0 aliphatic carbocycles. The van der Waals surface area contributed by atoms with Gasteiger partial charge in [-0.15, -0.1) is 10.2 Å². The summed E-state index contributed by atoms with van der Waals surface area (Å²) in [4.78, 5) is 4.11. The molecule has 2 heterocycles. The lowest BCUT2D eigenvalue weighted by Crippen LogP contribution is -2.38. The minimum Gasteiger partial charge on any atom is -0.345 e. The Labute approximate surface area is 91.1 Å². The first-order valence-corrected chi connectivity index (χ1v) is 5.65. The first kappa shape index (κ1) is 10.6. The fourth-order valence-corrected chi connectivity index (χ4v) is 1.96. The monoisotopic (exact) mass is 206 g/mol. The number of rotatable bonds is 3. The second-order valence-electron chi connectivity index (χ2n) is 3.93. The van der Waals surface area contributed by atoms with Crippen molar-refractivity contribution in [1.29, 1.82) is 0 Å². The number of aryl methyl sites for hydroxylation is 1. The lowest BCUT2D eigenvalue weighted by Gasteiger charge is -2.30. The van der Waals surface area contributed by atoms with Gasteiger partial charge in [-0.3, -0.25) is 0 Å². The van der Waals surface area contributed by atoms with Gasteiger partial charge < -0.3 is 4.81 Å². The Balaban J connectivity index is 2.03. The van der Waals surface area contributed by atoms with Gasteiger partial charge in [-0.1, -0.05) is 13.7 Å². The minimum absolute atomic E-state index is 0.391. The van der Waals surface area contributed by atoms with E-state index < -0.39 is 0 Å². The normalized spacial score (nSPS) is 22.9. The van der Waals surface area contributed by atoms with E-state index in [0.717, 1.165) is 31.8 Å². The molecule has 1 atom stereocenters. The number of tetrazole rings is 1. The molecule has 0 spiro atoms. The Morgan fingerprint density at radius 2 is 2.40 bits per heavy atom. The molecule has 0 N–H and O–H groups in total. The predicted octanol–water partition coefficient (Wildman–Crippen LogP) is 0.540. The van der Waals surface area contributed by atoms with E-state index in [-0.39, 0.29) is 0 Å². The van der Waals surface area contributed by atoms with E-state index in [2.05, 4.69) is 34.5 Å². The van der Waals surface area contributed by atoms with Crippen LogP contribution in [0.25, 0.3) is 0 Å². The number of piperidine rings is 1. The van der Waals surface area contributed by atoms with Crippen LogP contribution in [0.5, 0.6) is 0 Å². The van der Waals surface area contributed by atoms with Crippen molar-refractivity contribution in [2.45, 2.75) is 39.1 Å². The summed E-state index contributed by atoms with van der Waals surface area (Å²) >= 11 is 0. The Hall–Kier alpha value is -0.905. The van der Waals surface area contributed by atoms with Gasteiger partial charge in [-0.25, -0.2) is 0 Å². The number of aromatic nitrogens is 4. The largest absolute Gasteiger partial charge is 0.345 e. The third kappa shape index (κ3) is 2.37. The Bertz CT molecular complexity index is 313. The maximum absolute atomic E-state index is 4.38. The minimum atomic E-state index is 0.391. The van der Waals surface area contributed by atoms with Crippen LogP contribution in [0.1, 0.15) is 31.6 Å². The van der Waals surface area contributed by atoms with Gasteiger partial charge in [0.1, 0.15) is 0 Å². The van der Waals surface area contributed by atoms with Gasteiger partial charge in [0.25, 0.3) is 0 Å². The molecular weight excluding hydrogens is 189 g/mol. The third-order valence-corrected chi connectivity index (χ3v) is 2.91. The predicted molar refractivity (Wildman–Crippen MR) is 58.7 cm³/mol. The van der Waals surface area contributed by atoms with Crippen LogP contribution in [0.15, 0.2) is 0 Å². The SMILES string of the molecule is C[B]N1CCCC(n2nnc(CC)n2)C1. The maximum atomic E-state index is 4.38. The smallest absolute Gasteiger partial charge is 0.205 e. The molecule has 1 saturated heterocycles. The van der Waals surface area contributed by atoms with E-state index in [0.29, 0.717) is 6.04 Å². The van der Waals surface area contributed by atoms with Crippen LogP contribution in [0.2, 0.25) is 6.82 Å². The van der Waals surface area contributed by atoms with E-state index in [4.69, 9.17) is 0 Å². The highest BCUT2D eigenvalue weighted by Crippen LogP contribution is 2.18. The van der Waals surface area contributed by atoms with E-state index >= 15 is 0 Å². The summed E-state index contributed by atoms with van der Waals surface area (Å²) in [6.07, 6.45) is 3.22. The van der Waals surface area contributed by atoms with Gasteiger partial charge in [-0.05, 0) is 24.6 Å². The fraction of sp³-hybridized carbons (Fsp3) is 0.889. The van der Waals surface area contributed by atoms with Gasteiger partial charge in [0.15, 0.2) is 5.82 Å². The molecule has 1 aromatic heterocycles. The van der Waals surface area contributed by atoms with Crippen molar-refractivity contribution in [2.75, 3.05) is 13.1 Å². The number of hydrogen-bond acceptors (Lipinski definition) is 4. The Morgan fingerprint density at radius 1 is 1.53 bits per heavy atom. The van der Waals surface area contributed by atoms with Crippen molar-refractivity contribution in [3.05, 3.63) is 5.82 Å². The van der Waals surface area contributed by atoms with Crippen molar-refractivity contribution >= 4 is 7.41 Å². The summed E-state index contributed by atoms with van der Waals surface area (Å²) in [5.74, 6) is 0.840. The van der Waals surface area contributed by atoms with Gasteiger partial charge >= 0.3 is 0 Å². The zero-order valence-corrected chi connectivity index (χ0v) is 9.43. The molecule has 6 heteroatoms. The molecule has 15 heavy (non-hydrogen) atoms. The molecule has 0 amide bonds. The molecular formula is C9H17BN5. The summed E-state index contributed by atoms with van der Waals surface area (Å²) < 4.78 is 0. The van der Waals surface area contributed by atoms with Crippen molar-refractivity contribution in [2.24, 2.45) is 0 Å². The average Bonchev–Trinajstić information content (AvgIpc) is 2.78. The van der Waals surface area contributed by atoms with Crippen molar-refractivity contribution in [3.63, 3.8) is 0 Å². The van der Waals surface area contributed by atoms with Crippen LogP contribution in [0.3, 0.4) is 0 Å². The first-order valence-electron chi connectivity index (χ1n) is 5.65. The topological polar surface area (TPSA) is 46.8 Å². The van der Waals surface area contributed by atoms with Crippen LogP contribution in [-0.4, -0.2) is 45.5 Å². The molecule has 1 aliphatic rings. The summed E-state index contributed by atoms with van der Waals surface area (Å²) in [6.45, 7) is 6.29. The van der Waals surface area contributed by atoms with Crippen LogP contribution in [0.4, 0.5) is 0 Å². The summed E-state index contributed by atoms with van der Waals surface area (Å²) in [5.41, 5.74) is 0. The Morgan fingerprint density at radius 3 is 3.07 bits per heavy atom. The highest BCUT2D eigenvalue weighted by atomic mass is 15.6. The standard InChI is InChI=1S/C9H17BN5/c1-3-9-11-13-15(12-9)8-5-4-6-14(7-8)10-2/h8H,3-7H2,1-2H3. The zero-order valence-electron chi connectivity index (χ0n) is 9.43. The molecule has 81 valence electrons. The van der Waals surface area contributed by atoms with Gasteiger partial charge in [0.05, 0.1) is 6.04 Å². The van der Waals surface area contributed by atoms with Crippen LogP contribution < -0.4 is 0 Å². The lowest BCUT2D eigenvalue weighted by atomic mass is 9.91. The molecule has 5 nitrogen and oxygen atoms in total. The molecule has 0 aromatic carbocycles. The second kappa shape index (κ2) is 4.74. The van der Waals surface area contributed by atoms with Gasteiger partial charge in [-0.2, -0.15) is 4.80 Å². The summed E-state index contributed by atoms with van der Waals surface area (Å²) in [6, 6.07) is 0.391. The third-order valence-electron chi connectivity index (χ3n) is 2.91.